The lowest BCUT2D eigenvalue weighted by Gasteiger charge is -2.29. The molecular weight excluding hydrogens is 412 g/mol. The van der Waals surface area contributed by atoms with Gasteiger partial charge in [0.15, 0.2) is 0 Å². The summed E-state index contributed by atoms with van der Waals surface area (Å²) in [6, 6.07) is 6.93. The average molecular weight is 439 g/mol. The Morgan fingerprint density at radius 2 is 1.97 bits per heavy atom. The molecule has 1 amide bonds. The van der Waals surface area contributed by atoms with Crippen LogP contribution in [0, 0.1) is 19.8 Å². The molecule has 7 nitrogen and oxygen atoms in total. The molecule has 158 valence electrons. The number of amides is 1. The van der Waals surface area contributed by atoms with Crippen LogP contribution in [0.15, 0.2) is 29.2 Å². The van der Waals surface area contributed by atoms with Crippen LogP contribution in [0.2, 0.25) is 5.02 Å². The molecule has 0 aliphatic carbocycles. The van der Waals surface area contributed by atoms with E-state index in [-0.39, 0.29) is 17.2 Å². The number of hydrogen-bond acceptors (Lipinski definition) is 4. The largest absolute Gasteiger partial charge is 0.326 e. The third kappa shape index (κ3) is 4.99. The molecule has 1 aliphatic rings. The highest BCUT2D eigenvalue weighted by atomic mass is 35.5. The second-order valence-corrected chi connectivity index (χ2v) is 9.93. The summed E-state index contributed by atoms with van der Waals surface area (Å²) in [7, 11) is -3.58. The van der Waals surface area contributed by atoms with Crippen molar-refractivity contribution in [2.45, 2.75) is 51.5 Å². The Hall–Kier alpha value is -1.90. The van der Waals surface area contributed by atoms with Gasteiger partial charge in [-0.05, 0) is 50.8 Å². The molecule has 29 heavy (non-hydrogen) atoms. The Bertz CT molecular complexity index is 995. The fourth-order valence-corrected chi connectivity index (χ4v) is 5.66. The average Bonchev–Trinajstić information content (AvgIpc) is 2.94. The zero-order valence-corrected chi connectivity index (χ0v) is 18.6. The summed E-state index contributed by atoms with van der Waals surface area (Å²) in [5, 5.41) is 7.72. The minimum Gasteiger partial charge on any atom is -0.326 e. The van der Waals surface area contributed by atoms with Gasteiger partial charge in [0, 0.05) is 30.2 Å². The van der Waals surface area contributed by atoms with Gasteiger partial charge in [-0.1, -0.05) is 24.6 Å². The number of piperidine rings is 1. The lowest BCUT2D eigenvalue weighted by atomic mass is 10.0. The molecule has 0 saturated carbocycles. The first-order valence-electron chi connectivity index (χ1n) is 9.78. The van der Waals surface area contributed by atoms with Crippen molar-refractivity contribution in [3.8, 4) is 0 Å². The Morgan fingerprint density at radius 3 is 2.62 bits per heavy atom. The first-order valence-corrected chi connectivity index (χ1v) is 11.6. The van der Waals surface area contributed by atoms with Gasteiger partial charge in [-0.2, -0.15) is 9.40 Å². The summed E-state index contributed by atoms with van der Waals surface area (Å²) in [5.74, 6) is 0.360. The number of benzene rings is 1. The van der Waals surface area contributed by atoms with Crippen LogP contribution in [0.5, 0.6) is 0 Å². The number of sulfonamides is 1. The predicted octanol–water partition coefficient (Wildman–Crippen LogP) is 3.60. The number of anilines is 1. The molecule has 9 heteroatoms. The second-order valence-electron chi connectivity index (χ2n) is 7.62. The van der Waals surface area contributed by atoms with Crippen molar-refractivity contribution in [2.75, 3.05) is 18.4 Å². The van der Waals surface area contributed by atoms with Gasteiger partial charge >= 0.3 is 0 Å². The summed E-state index contributed by atoms with van der Waals surface area (Å²) >= 11 is 5.93. The number of aryl methyl sites for hydroxylation is 2. The molecule has 3 rings (SSSR count). The second kappa shape index (κ2) is 8.85. The van der Waals surface area contributed by atoms with Crippen LogP contribution in [0.1, 0.15) is 37.6 Å². The number of aromatic nitrogens is 2. The molecule has 1 saturated heterocycles. The van der Waals surface area contributed by atoms with Crippen molar-refractivity contribution < 1.29 is 13.2 Å². The molecule has 0 atom stereocenters. The van der Waals surface area contributed by atoms with Gasteiger partial charge in [0.2, 0.25) is 15.9 Å². The third-order valence-electron chi connectivity index (χ3n) is 5.31. The van der Waals surface area contributed by atoms with E-state index in [0.717, 1.165) is 12.8 Å². The van der Waals surface area contributed by atoms with E-state index in [2.05, 4.69) is 17.3 Å². The molecule has 0 bridgehead atoms. The summed E-state index contributed by atoms with van der Waals surface area (Å²) in [6.07, 6.45) is 1.92. The highest BCUT2D eigenvalue weighted by Gasteiger charge is 2.32. The predicted molar refractivity (Wildman–Crippen MR) is 114 cm³/mol. The molecular formula is C20H27ClN4O3S. The van der Waals surface area contributed by atoms with E-state index in [9.17, 15) is 13.2 Å². The van der Waals surface area contributed by atoms with E-state index in [0.29, 0.717) is 47.7 Å². The normalized spacial score (nSPS) is 16.1. The molecule has 2 aromatic rings. The van der Waals surface area contributed by atoms with Gasteiger partial charge in [0.25, 0.3) is 0 Å². The maximum atomic E-state index is 13.1. The van der Waals surface area contributed by atoms with Gasteiger partial charge in [0.05, 0.1) is 17.9 Å². The maximum absolute atomic E-state index is 13.1. The Labute approximate surface area is 177 Å². The number of nitrogens with one attached hydrogen (secondary N) is 1. The van der Waals surface area contributed by atoms with E-state index in [1.165, 1.54) is 0 Å². The zero-order valence-electron chi connectivity index (χ0n) is 17.0. The molecule has 1 aromatic heterocycles. The lowest BCUT2D eigenvalue weighted by molar-refractivity contribution is -0.116. The summed E-state index contributed by atoms with van der Waals surface area (Å²) < 4.78 is 29.4. The van der Waals surface area contributed by atoms with Gasteiger partial charge < -0.3 is 5.32 Å². The van der Waals surface area contributed by atoms with Crippen molar-refractivity contribution in [3.63, 3.8) is 0 Å². The SMILES string of the molecule is Cc1nn(CCC(=O)Nc2cccc(Cl)c2)c(C)c1S(=O)(=O)N1CCC(C)CC1. The summed E-state index contributed by atoms with van der Waals surface area (Å²) in [5.41, 5.74) is 1.66. The van der Waals surface area contributed by atoms with Crippen molar-refractivity contribution in [2.24, 2.45) is 5.92 Å². The van der Waals surface area contributed by atoms with E-state index in [4.69, 9.17) is 11.6 Å². The number of nitrogens with zero attached hydrogens (tertiary/aromatic N) is 3. The van der Waals surface area contributed by atoms with Crippen molar-refractivity contribution >= 4 is 33.2 Å². The highest BCUT2D eigenvalue weighted by Crippen LogP contribution is 2.27. The number of rotatable bonds is 6. The standard InChI is InChI=1S/C20H27ClN4O3S/c1-14-7-10-24(11-8-14)29(27,28)20-15(2)23-25(16(20)3)12-9-19(26)22-18-6-4-5-17(21)13-18/h4-6,13-14H,7-12H2,1-3H3,(H,22,26). The van der Waals surface area contributed by atoms with Crippen LogP contribution in [-0.2, 0) is 21.4 Å². The van der Waals surface area contributed by atoms with Crippen LogP contribution < -0.4 is 5.32 Å². The van der Waals surface area contributed by atoms with Crippen LogP contribution in [0.3, 0.4) is 0 Å². The molecule has 1 aromatic carbocycles. The summed E-state index contributed by atoms with van der Waals surface area (Å²) in [4.78, 5) is 12.5. The molecule has 2 heterocycles. The minimum absolute atomic E-state index is 0.176. The fraction of sp³-hybridized carbons (Fsp3) is 0.500. The first-order chi connectivity index (χ1) is 13.7. The third-order valence-corrected chi connectivity index (χ3v) is 7.70. The Kier molecular flexibility index (Phi) is 6.65. The van der Waals surface area contributed by atoms with Crippen LogP contribution in [-0.4, -0.2) is 41.5 Å². The molecule has 0 unspecified atom stereocenters. The quantitative estimate of drug-likeness (QED) is 0.746. The number of hydrogen-bond donors (Lipinski definition) is 1. The molecule has 1 N–H and O–H groups in total. The van der Waals surface area contributed by atoms with E-state index in [1.54, 1.807) is 47.1 Å². The molecule has 1 fully saturated rings. The number of carbonyl (C=O) groups is 1. The Balaban J connectivity index is 1.70. The number of halogens is 1. The molecule has 0 radical (unpaired) electrons. The van der Waals surface area contributed by atoms with Gasteiger partial charge in [-0.3, -0.25) is 9.48 Å². The Morgan fingerprint density at radius 1 is 1.28 bits per heavy atom. The highest BCUT2D eigenvalue weighted by molar-refractivity contribution is 7.89. The van der Waals surface area contributed by atoms with Crippen LogP contribution in [0.4, 0.5) is 5.69 Å². The first kappa shape index (κ1) is 21.8. The van der Waals surface area contributed by atoms with E-state index >= 15 is 0 Å². The van der Waals surface area contributed by atoms with Crippen molar-refractivity contribution in [3.05, 3.63) is 40.7 Å². The van der Waals surface area contributed by atoms with Gasteiger partial charge in [0.1, 0.15) is 4.90 Å². The fourth-order valence-electron chi connectivity index (χ4n) is 3.62. The van der Waals surface area contributed by atoms with Gasteiger partial charge in [-0.15, -0.1) is 0 Å². The van der Waals surface area contributed by atoms with Crippen LogP contribution >= 0.6 is 11.6 Å². The zero-order chi connectivity index (χ0) is 21.2. The maximum Gasteiger partial charge on any atom is 0.246 e. The smallest absolute Gasteiger partial charge is 0.246 e. The van der Waals surface area contributed by atoms with Crippen molar-refractivity contribution in [1.29, 1.82) is 0 Å². The number of carbonyl (C=O) groups excluding carboxylic acids is 1. The molecule has 1 aliphatic heterocycles. The molecule has 0 spiro atoms. The minimum atomic E-state index is -3.58. The lowest BCUT2D eigenvalue weighted by Crippen LogP contribution is -2.38. The topological polar surface area (TPSA) is 84.3 Å². The monoisotopic (exact) mass is 438 g/mol. The van der Waals surface area contributed by atoms with Crippen molar-refractivity contribution in [1.82, 2.24) is 14.1 Å². The summed E-state index contributed by atoms with van der Waals surface area (Å²) in [6.45, 7) is 6.97. The van der Waals surface area contributed by atoms with E-state index in [1.807, 2.05) is 0 Å². The van der Waals surface area contributed by atoms with Crippen LogP contribution in [0.25, 0.3) is 0 Å². The van der Waals surface area contributed by atoms with Gasteiger partial charge in [-0.25, -0.2) is 8.42 Å². The van der Waals surface area contributed by atoms with E-state index < -0.39 is 10.0 Å².